The zero-order valence-electron chi connectivity index (χ0n) is 12.2. The number of aromatic hydroxyl groups is 1. The summed E-state index contributed by atoms with van der Waals surface area (Å²) in [5.41, 5.74) is 0.914. The monoisotopic (exact) mass is 360 g/mol. The Morgan fingerprint density at radius 3 is 2.45 bits per heavy atom. The molecule has 1 fully saturated rings. The highest BCUT2D eigenvalue weighted by Gasteiger charge is 2.34. The standard InChI is InChI=1S/C15H22BrClN2O/c1-15(2,3)14(19-6-4-18-5-7-19)11-8-10(17)9-12(16)13(11)20/h8-9,14,18,20H,4-7H2,1-3H3/t14-/m0/s1. The number of hydrogen-bond acceptors (Lipinski definition) is 3. The summed E-state index contributed by atoms with van der Waals surface area (Å²) in [5, 5.41) is 14.5. The van der Waals surface area contributed by atoms with E-state index in [9.17, 15) is 5.11 Å². The molecule has 1 aliphatic heterocycles. The Morgan fingerprint density at radius 2 is 1.90 bits per heavy atom. The number of nitrogens with one attached hydrogen (secondary N) is 1. The van der Waals surface area contributed by atoms with Gasteiger partial charge in [-0.2, -0.15) is 0 Å². The predicted molar refractivity (Wildman–Crippen MR) is 87.5 cm³/mol. The van der Waals surface area contributed by atoms with Gasteiger partial charge in [-0.1, -0.05) is 32.4 Å². The molecule has 1 saturated heterocycles. The Morgan fingerprint density at radius 1 is 1.30 bits per heavy atom. The van der Waals surface area contributed by atoms with Crippen molar-refractivity contribution in [3.8, 4) is 5.75 Å². The lowest BCUT2D eigenvalue weighted by Crippen LogP contribution is -2.48. The van der Waals surface area contributed by atoms with E-state index in [2.05, 4.69) is 46.9 Å². The number of hydrogen-bond donors (Lipinski definition) is 2. The Bertz CT molecular complexity index is 481. The van der Waals surface area contributed by atoms with Gasteiger partial charge in [0.15, 0.2) is 0 Å². The zero-order valence-corrected chi connectivity index (χ0v) is 14.6. The molecule has 1 aliphatic rings. The van der Waals surface area contributed by atoms with Gasteiger partial charge in [0, 0.05) is 42.8 Å². The first-order valence-electron chi connectivity index (χ1n) is 6.93. The number of phenolic OH excluding ortho intramolecular Hbond substituents is 1. The van der Waals surface area contributed by atoms with E-state index in [-0.39, 0.29) is 11.5 Å². The quantitative estimate of drug-likeness (QED) is 0.841. The van der Waals surface area contributed by atoms with Crippen LogP contribution in [0.5, 0.6) is 5.75 Å². The van der Waals surface area contributed by atoms with Crippen molar-refractivity contribution in [3.63, 3.8) is 0 Å². The van der Waals surface area contributed by atoms with E-state index >= 15 is 0 Å². The van der Waals surface area contributed by atoms with Crippen LogP contribution in [0.1, 0.15) is 32.4 Å². The smallest absolute Gasteiger partial charge is 0.134 e. The molecule has 2 N–H and O–H groups in total. The maximum atomic E-state index is 10.4. The van der Waals surface area contributed by atoms with Crippen LogP contribution in [0.25, 0.3) is 0 Å². The summed E-state index contributed by atoms with van der Waals surface area (Å²) in [5.74, 6) is 0.299. The average Bonchev–Trinajstić information content (AvgIpc) is 2.35. The highest BCUT2D eigenvalue weighted by atomic mass is 79.9. The molecule has 1 aromatic carbocycles. The molecule has 0 unspecified atom stereocenters. The molecule has 3 nitrogen and oxygen atoms in total. The zero-order chi connectivity index (χ0) is 14.9. The van der Waals surface area contributed by atoms with Gasteiger partial charge in [-0.05, 0) is 33.5 Å². The third-order valence-corrected chi connectivity index (χ3v) is 4.51. The third-order valence-electron chi connectivity index (χ3n) is 3.69. The van der Waals surface area contributed by atoms with Gasteiger partial charge in [0.25, 0.3) is 0 Å². The first kappa shape index (κ1) is 16.1. The Hall–Kier alpha value is -0.290. The average molecular weight is 362 g/mol. The van der Waals surface area contributed by atoms with E-state index in [1.165, 1.54) is 0 Å². The second-order valence-electron chi connectivity index (χ2n) is 6.38. The van der Waals surface area contributed by atoms with Crippen LogP contribution in [0.3, 0.4) is 0 Å². The van der Waals surface area contributed by atoms with Gasteiger partial charge < -0.3 is 10.4 Å². The van der Waals surface area contributed by atoms with E-state index in [0.717, 1.165) is 31.7 Å². The van der Waals surface area contributed by atoms with Gasteiger partial charge in [-0.15, -0.1) is 0 Å². The lowest BCUT2D eigenvalue weighted by molar-refractivity contribution is 0.0842. The summed E-state index contributed by atoms with van der Waals surface area (Å²) in [4.78, 5) is 2.42. The number of rotatable bonds is 2. The predicted octanol–water partition coefficient (Wildman–Crippen LogP) is 3.80. The van der Waals surface area contributed by atoms with Crippen molar-refractivity contribution < 1.29 is 5.11 Å². The summed E-state index contributed by atoms with van der Waals surface area (Å²) in [6.45, 7) is 10.5. The molecule has 0 spiro atoms. The van der Waals surface area contributed by atoms with E-state index in [1.807, 2.05) is 6.07 Å². The number of halogens is 2. The number of nitrogens with zero attached hydrogens (tertiary/aromatic N) is 1. The topological polar surface area (TPSA) is 35.5 Å². The van der Waals surface area contributed by atoms with Crippen molar-refractivity contribution in [3.05, 3.63) is 27.2 Å². The second-order valence-corrected chi connectivity index (χ2v) is 7.67. The molecule has 0 saturated carbocycles. The molecular weight excluding hydrogens is 340 g/mol. The molecule has 0 radical (unpaired) electrons. The number of benzene rings is 1. The van der Waals surface area contributed by atoms with Crippen molar-refractivity contribution in [2.24, 2.45) is 5.41 Å². The minimum Gasteiger partial charge on any atom is -0.506 e. The second kappa shape index (κ2) is 6.22. The fourth-order valence-corrected chi connectivity index (χ4v) is 3.78. The van der Waals surface area contributed by atoms with E-state index in [4.69, 9.17) is 11.6 Å². The number of piperazine rings is 1. The first-order chi connectivity index (χ1) is 9.30. The fraction of sp³-hybridized carbons (Fsp3) is 0.600. The maximum Gasteiger partial charge on any atom is 0.134 e. The molecule has 1 aromatic rings. The van der Waals surface area contributed by atoms with E-state index < -0.39 is 0 Å². The van der Waals surface area contributed by atoms with Crippen molar-refractivity contribution in [1.29, 1.82) is 0 Å². The van der Waals surface area contributed by atoms with Gasteiger partial charge in [0.2, 0.25) is 0 Å². The van der Waals surface area contributed by atoms with Crippen LogP contribution in [0.15, 0.2) is 16.6 Å². The van der Waals surface area contributed by atoms with Gasteiger partial charge in [0.1, 0.15) is 5.75 Å². The summed E-state index contributed by atoms with van der Waals surface area (Å²) in [6, 6.07) is 3.76. The van der Waals surface area contributed by atoms with Crippen molar-refractivity contribution in [1.82, 2.24) is 10.2 Å². The molecular formula is C15H22BrClN2O. The largest absolute Gasteiger partial charge is 0.506 e. The van der Waals surface area contributed by atoms with Crippen LogP contribution < -0.4 is 5.32 Å². The maximum absolute atomic E-state index is 10.4. The summed E-state index contributed by atoms with van der Waals surface area (Å²) in [6.07, 6.45) is 0. The van der Waals surface area contributed by atoms with Crippen LogP contribution >= 0.6 is 27.5 Å². The molecule has 112 valence electrons. The van der Waals surface area contributed by atoms with Gasteiger partial charge in [-0.3, -0.25) is 4.90 Å². The van der Waals surface area contributed by atoms with Crippen LogP contribution in [0.2, 0.25) is 5.02 Å². The molecule has 0 aliphatic carbocycles. The lowest BCUT2D eigenvalue weighted by atomic mass is 9.80. The van der Waals surface area contributed by atoms with Crippen molar-refractivity contribution in [2.45, 2.75) is 26.8 Å². The SMILES string of the molecule is CC(C)(C)[C@H](c1cc(Cl)cc(Br)c1O)N1CCNCC1. The fourth-order valence-electron chi connectivity index (χ4n) is 2.95. The molecule has 1 heterocycles. The van der Waals surface area contributed by atoms with Crippen LogP contribution in [0, 0.1) is 5.41 Å². The Kier molecular flexibility index (Phi) is 5.00. The molecule has 0 bridgehead atoms. The summed E-state index contributed by atoms with van der Waals surface area (Å²) < 4.78 is 0.657. The highest BCUT2D eigenvalue weighted by Crippen LogP contribution is 2.45. The van der Waals surface area contributed by atoms with Gasteiger partial charge in [-0.25, -0.2) is 0 Å². The minimum absolute atomic E-state index is 0.0128. The minimum atomic E-state index is 0.0128. The highest BCUT2D eigenvalue weighted by molar-refractivity contribution is 9.10. The third kappa shape index (κ3) is 3.48. The molecule has 0 aromatic heterocycles. The Labute approximate surface area is 134 Å². The molecule has 2 rings (SSSR count). The lowest BCUT2D eigenvalue weighted by Gasteiger charge is -2.43. The Balaban J connectivity index is 2.46. The van der Waals surface area contributed by atoms with Crippen LogP contribution in [-0.4, -0.2) is 36.2 Å². The molecule has 1 atom stereocenters. The van der Waals surface area contributed by atoms with Crippen molar-refractivity contribution in [2.75, 3.05) is 26.2 Å². The van der Waals surface area contributed by atoms with Crippen LogP contribution in [0.4, 0.5) is 0 Å². The summed E-state index contributed by atoms with van der Waals surface area (Å²) >= 11 is 9.57. The van der Waals surface area contributed by atoms with Gasteiger partial charge in [0.05, 0.1) is 4.47 Å². The normalized spacial score (nSPS) is 19.1. The van der Waals surface area contributed by atoms with Gasteiger partial charge >= 0.3 is 0 Å². The molecule has 5 heteroatoms. The molecule has 20 heavy (non-hydrogen) atoms. The van der Waals surface area contributed by atoms with Crippen molar-refractivity contribution >= 4 is 27.5 Å². The van der Waals surface area contributed by atoms with E-state index in [1.54, 1.807) is 6.07 Å². The first-order valence-corrected chi connectivity index (χ1v) is 8.10. The number of phenols is 1. The van der Waals surface area contributed by atoms with Crippen LogP contribution in [-0.2, 0) is 0 Å². The molecule has 0 amide bonds. The summed E-state index contributed by atoms with van der Waals surface area (Å²) in [7, 11) is 0. The van der Waals surface area contributed by atoms with E-state index in [0.29, 0.717) is 15.2 Å².